The Bertz CT molecular complexity index is 1610. The first-order chi connectivity index (χ1) is 26.8. The molecule has 6 atom stereocenters. The highest BCUT2D eigenvalue weighted by Crippen LogP contribution is 2.12. The van der Waals surface area contributed by atoms with Crippen LogP contribution >= 0.6 is 11.8 Å². The summed E-state index contributed by atoms with van der Waals surface area (Å²) >= 11 is 1.47. The minimum Gasteiger partial charge on any atom is -0.481 e. The summed E-state index contributed by atoms with van der Waals surface area (Å²) in [6.07, 6.45) is 4.05. The van der Waals surface area contributed by atoms with Crippen LogP contribution in [-0.4, -0.2) is 101 Å². The molecule has 0 aliphatic carbocycles. The molecule has 0 spiro atoms. The lowest BCUT2D eigenvalue weighted by molar-refractivity contribution is -0.138. The van der Waals surface area contributed by atoms with E-state index in [1.807, 2.05) is 50.4 Å². The molecule has 0 saturated carbocycles. The van der Waals surface area contributed by atoms with Crippen molar-refractivity contribution in [1.82, 2.24) is 31.9 Å². The quantitative estimate of drug-likeness (QED) is 0.0800. The molecule has 15 nitrogen and oxygen atoms in total. The van der Waals surface area contributed by atoms with Crippen molar-refractivity contribution in [2.75, 3.05) is 18.6 Å². The van der Waals surface area contributed by atoms with E-state index in [1.54, 1.807) is 30.3 Å². The number of primary amides is 1. The van der Waals surface area contributed by atoms with Gasteiger partial charge in [-0.1, -0.05) is 80.9 Å². The van der Waals surface area contributed by atoms with E-state index < -0.39 is 78.2 Å². The number of rotatable bonds is 23. The number of aliphatic carboxylic acids is 1. The zero-order valence-electron chi connectivity index (χ0n) is 32.4. The number of nitrogens with one attached hydrogen (secondary N) is 6. The zero-order valence-corrected chi connectivity index (χ0v) is 33.2. The summed E-state index contributed by atoms with van der Waals surface area (Å²) in [5.41, 5.74) is 7.00. The standard InChI is InChI=1S/C40H57N7O8S/c1-25(2)22-31(38(53)43-28(35(41)50)19-21-56-3)45-37(52)30(17-18-34(48)49)44-39(54)32(23-26-12-6-4-7-13-26)47-40(55)33(24-27-14-8-5-9-15-27)46-36(51)29-16-10-11-20-42-29/h4-9,12-15,25,28-33,42H,10-11,16-24H2,1-3H3,(H2,41,50)(H,43,53)(H,44,54)(H,45,52)(H,46,51)(H,47,55)(H,48,49)/t28-,29-,30-,31-,32-,33-/m0/s1. The summed E-state index contributed by atoms with van der Waals surface area (Å²) in [6, 6.07) is 11.7. The molecule has 0 bridgehead atoms. The molecule has 306 valence electrons. The molecule has 9 N–H and O–H groups in total. The fraction of sp³-hybridized carbons (Fsp3) is 0.525. The number of benzene rings is 2. The average Bonchev–Trinajstić information content (AvgIpc) is 3.17. The van der Waals surface area contributed by atoms with Crippen LogP contribution in [0.5, 0.6) is 0 Å². The van der Waals surface area contributed by atoms with Crippen LogP contribution in [0.3, 0.4) is 0 Å². The van der Waals surface area contributed by atoms with Crippen LogP contribution < -0.4 is 37.6 Å². The Morgan fingerprint density at radius 2 is 1.21 bits per heavy atom. The molecule has 2 aromatic rings. The Balaban J connectivity index is 1.88. The number of thioether (sulfide) groups is 1. The molecule has 1 heterocycles. The van der Waals surface area contributed by atoms with E-state index in [0.29, 0.717) is 24.3 Å². The van der Waals surface area contributed by atoms with E-state index in [1.165, 1.54) is 11.8 Å². The summed E-state index contributed by atoms with van der Waals surface area (Å²) < 4.78 is 0. The van der Waals surface area contributed by atoms with Crippen LogP contribution in [0, 0.1) is 5.92 Å². The van der Waals surface area contributed by atoms with Gasteiger partial charge in [-0.2, -0.15) is 11.8 Å². The summed E-state index contributed by atoms with van der Waals surface area (Å²) in [7, 11) is 0. The van der Waals surface area contributed by atoms with Gasteiger partial charge in [0.15, 0.2) is 0 Å². The lowest BCUT2D eigenvalue weighted by atomic mass is 10.00. The van der Waals surface area contributed by atoms with E-state index in [-0.39, 0.29) is 43.9 Å². The number of hydrogen-bond acceptors (Lipinski definition) is 9. The summed E-state index contributed by atoms with van der Waals surface area (Å²) in [5.74, 6) is -4.67. The molecule has 0 aromatic heterocycles. The summed E-state index contributed by atoms with van der Waals surface area (Å²) in [6.45, 7) is 4.36. The number of hydrogen-bond donors (Lipinski definition) is 8. The molecular formula is C40H57N7O8S. The van der Waals surface area contributed by atoms with Crippen molar-refractivity contribution < 1.29 is 38.7 Å². The molecule has 1 aliphatic rings. The van der Waals surface area contributed by atoms with Gasteiger partial charge in [-0.3, -0.25) is 33.6 Å². The monoisotopic (exact) mass is 795 g/mol. The SMILES string of the molecule is CSCC[C@H](NC(=O)[C@H](CC(C)C)NC(=O)[C@H](CCC(=O)O)NC(=O)[C@H](Cc1ccccc1)NC(=O)[C@H](Cc1ccccc1)NC(=O)[C@@H]1CCCCN1)C(N)=O. The number of amides is 6. The number of nitrogens with two attached hydrogens (primary N) is 1. The van der Waals surface area contributed by atoms with Gasteiger partial charge in [0.2, 0.25) is 35.4 Å². The van der Waals surface area contributed by atoms with Crippen molar-refractivity contribution in [1.29, 1.82) is 0 Å². The van der Waals surface area contributed by atoms with Gasteiger partial charge in [-0.05, 0) is 67.7 Å². The third-order valence-electron chi connectivity index (χ3n) is 9.35. The third-order valence-corrected chi connectivity index (χ3v) is 9.99. The minimum absolute atomic E-state index is 0.00476. The van der Waals surface area contributed by atoms with Crippen LogP contribution in [0.15, 0.2) is 60.7 Å². The third kappa shape index (κ3) is 16.0. The van der Waals surface area contributed by atoms with Gasteiger partial charge >= 0.3 is 5.97 Å². The Kier molecular flexibility index (Phi) is 19.3. The van der Waals surface area contributed by atoms with Crippen molar-refractivity contribution in [3.63, 3.8) is 0 Å². The molecule has 1 fully saturated rings. The van der Waals surface area contributed by atoms with Gasteiger partial charge in [0.1, 0.15) is 30.2 Å². The number of carbonyl (C=O) groups is 7. The second kappa shape index (κ2) is 23.8. The Labute approximate surface area is 332 Å². The number of carboxylic acid groups (broad SMARTS) is 1. The molecule has 56 heavy (non-hydrogen) atoms. The van der Waals surface area contributed by atoms with Crippen molar-refractivity contribution in [2.45, 2.75) is 108 Å². The minimum atomic E-state index is -1.42. The maximum absolute atomic E-state index is 14.1. The Morgan fingerprint density at radius 1 is 0.714 bits per heavy atom. The lowest BCUT2D eigenvalue weighted by Crippen LogP contribution is -2.60. The van der Waals surface area contributed by atoms with Crippen LogP contribution in [0.25, 0.3) is 0 Å². The normalized spacial score (nSPS) is 16.6. The molecule has 0 radical (unpaired) electrons. The smallest absolute Gasteiger partial charge is 0.303 e. The van der Waals surface area contributed by atoms with Crippen LogP contribution in [0.4, 0.5) is 0 Å². The zero-order chi connectivity index (χ0) is 41.0. The second-order valence-electron chi connectivity index (χ2n) is 14.4. The van der Waals surface area contributed by atoms with Crippen molar-refractivity contribution in [3.05, 3.63) is 71.8 Å². The fourth-order valence-electron chi connectivity index (χ4n) is 6.32. The van der Waals surface area contributed by atoms with E-state index in [9.17, 15) is 38.7 Å². The molecule has 16 heteroatoms. The Hall–Kier alpha value is -4.96. The predicted molar refractivity (Wildman–Crippen MR) is 214 cm³/mol. The van der Waals surface area contributed by atoms with Gasteiger partial charge in [0.25, 0.3) is 0 Å². The highest BCUT2D eigenvalue weighted by molar-refractivity contribution is 7.98. The highest BCUT2D eigenvalue weighted by Gasteiger charge is 2.34. The first kappa shape index (κ1) is 45.4. The molecule has 6 amide bonds. The predicted octanol–water partition coefficient (Wildman–Crippen LogP) is 1.19. The van der Waals surface area contributed by atoms with Crippen molar-refractivity contribution in [2.24, 2.45) is 11.7 Å². The van der Waals surface area contributed by atoms with Crippen molar-refractivity contribution >= 4 is 53.2 Å². The Morgan fingerprint density at radius 3 is 1.71 bits per heavy atom. The second-order valence-corrected chi connectivity index (χ2v) is 15.4. The van der Waals surface area contributed by atoms with Gasteiger partial charge in [-0.25, -0.2) is 0 Å². The molecule has 1 saturated heterocycles. The largest absolute Gasteiger partial charge is 0.481 e. The van der Waals surface area contributed by atoms with Gasteiger partial charge in [0.05, 0.1) is 6.04 Å². The van der Waals surface area contributed by atoms with Gasteiger partial charge in [0, 0.05) is 19.3 Å². The maximum Gasteiger partial charge on any atom is 0.303 e. The van der Waals surface area contributed by atoms with E-state index in [2.05, 4.69) is 31.9 Å². The first-order valence-corrected chi connectivity index (χ1v) is 20.5. The molecular weight excluding hydrogens is 739 g/mol. The fourth-order valence-corrected chi connectivity index (χ4v) is 6.79. The van der Waals surface area contributed by atoms with Crippen LogP contribution in [-0.2, 0) is 46.4 Å². The van der Waals surface area contributed by atoms with Crippen LogP contribution in [0.1, 0.15) is 69.9 Å². The van der Waals surface area contributed by atoms with E-state index in [4.69, 9.17) is 5.73 Å². The first-order valence-electron chi connectivity index (χ1n) is 19.1. The summed E-state index contributed by atoms with van der Waals surface area (Å²) in [5, 5.41) is 26.3. The molecule has 1 aliphatic heterocycles. The van der Waals surface area contributed by atoms with Crippen LogP contribution in [0.2, 0.25) is 0 Å². The molecule has 3 rings (SSSR count). The lowest BCUT2D eigenvalue weighted by Gasteiger charge is -2.28. The van der Waals surface area contributed by atoms with Gasteiger partial charge in [-0.15, -0.1) is 0 Å². The topological polar surface area (TPSA) is 238 Å². The van der Waals surface area contributed by atoms with E-state index >= 15 is 0 Å². The van der Waals surface area contributed by atoms with Crippen molar-refractivity contribution in [3.8, 4) is 0 Å². The van der Waals surface area contributed by atoms with E-state index in [0.717, 1.165) is 18.4 Å². The number of carbonyl (C=O) groups excluding carboxylic acids is 6. The molecule has 0 unspecified atom stereocenters. The number of piperidine rings is 1. The highest BCUT2D eigenvalue weighted by atomic mass is 32.2. The summed E-state index contributed by atoms with van der Waals surface area (Å²) in [4.78, 5) is 92.5. The van der Waals surface area contributed by atoms with Gasteiger partial charge < -0.3 is 42.7 Å². The average molecular weight is 796 g/mol. The maximum atomic E-state index is 14.1. The molecule has 2 aromatic carbocycles. The number of carboxylic acids is 1.